The first-order valence-corrected chi connectivity index (χ1v) is 9.44. The van der Waals surface area contributed by atoms with Gasteiger partial charge in [-0.05, 0) is 23.7 Å². The van der Waals surface area contributed by atoms with Gasteiger partial charge in [0, 0.05) is 23.7 Å². The van der Waals surface area contributed by atoms with Gasteiger partial charge < -0.3 is 15.2 Å². The summed E-state index contributed by atoms with van der Waals surface area (Å²) in [6, 6.07) is 18.1. The number of hydrogen-bond donors (Lipinski definition) is 2. The van der Waals surface area contributed by atoms with Crippen molar-refractivity contribution in [3.63, 3.8) is 0 Å². The van der Waals surface area contributed by atoms with E-state index in [1.165, 1.54) is 11.5 Å². The van der Waals surface area contributed by atoms with E-state index in [1.54, 1.807) is 0 Å². The van der Waals surface area contributed by atoms with E-state index in [-0.39, 0.29) is 6.61 Å². The molecule has 3 aromatic rings. The summed E-state index contributed by atoms with van der Waals surface area (Å²) in [7, 11) is 0. The van der Waals surface area contributed by atoms with Crippen molar-refractivity contribution in [3.8, 4) is 27.4 Å². The maximum Gasteiger partial charge on any atom is 0.128 e. The van der Waals surface area contributed by atoms with Crippen molar-refractivity contribution in [3.05, 3.63) is 54.6 Å². The fraction of sp³-hybridized carbons (Fsp3) is 0.300. The number of rotatable bonds is 8. The van der Waals surface area contributed by atoms with E-state index in [1.807, 2.05) is 68.4 Å². The van der Waals surface area contributed by atoms with E-state index >= 15 is 0 Å². The summed E-state index contributed by atoms with van der Waals surface area (Å²) in [6.45, 7) is 4.82. The van der Waals surface area contributed by atoms with Crippen LogP contribution in [0, 0.1) is 0 Å². The molecule has 1 atom stereocenters. The number of nitrogens with zero attached hydrogens (tertiary/aromatic N) is 2. The lowest BCUT2D eigenvalue weighted by Gasteiger charge is -2.16. The van der Waals surface area contributed by atoms with Crippen molar-refractivity contribution in [2.45, 2.75) is 26.0 Å². The number of hydrogen-bond acceptors (Lipinski definition) is 6. The van der Waals surface area contributed by atoms with Crippen LogP contribution in [0.3, 0.4) is 0 Å². The molecule has 0 fully saturated rings. The topological polar surface area (TPSA) is 67.3 Å². The average Bonchev–Trinajstić information content (AvgIpc) is 3.15. The highest BCUT2D eigenvalue weighted by molar-refractivity contribution is 7.10. The van der Waals surface area contributed by atoms with Gasteiger partial charge in [0.2, 0.25) is 0 Å². The number of aliphatic hydroxyl groups excluding tert-OH is 1. The minimum absolute atomic E-state index is 0.226. The predicted molar refractivity (Wildman–Crippen MR) is 105 cm³/mol. The number of nitrogens with one attached hydrogen (secondary N) is 1. The smallest absolute Gasteiger partial charge is 0.128 e. The Labute approximate surface area is 157 Å². The summed E-state index contributed by atoms with van der Waals surface area (Å²) in [5.74, 6) is 0.722. The van der Waals surface area contributed by atoms with Crippen molar-refractivity contribution in [1.82, 2.24) is 14.9 Å². The van der Waals surface area contributed by atoms with E-state index in [0.717, 1.165) is 27.4 Å². The lowest BCUT2D eigenvalue weighted by molar-refractivity contribution is 0.105. The molecule has 0 spiro atoms. The van der Waals surface area contributed by atoms with Gasteiger partial charge in [0.05, 0.1) is 4.88 Å². The average molecular weight is 369 g/mol. The third kappa shape index (κ3) is 4.66. The van der Waals surface area contributed by atoms with Crippen LogP contribution in [0.1, 0.15) is 13.8 Å². The minimum Gasteiger partial charge on any atom is -0.490 e. The second kappa shape index (κ2) is 8.89. The van der Waals surface area contributed by atoms with Crippen LogP contribution in [0.2, 0.25) is 0 Å². The molecule has 0 bridgehead atoms. The Balaban J connectivity index is 1.80. The van der Waals surface area contributed by atoms with Crippen molar-refractivity contribution >= 4 is 11.5 Å². The van der Waals surface area contributed by atoms with Gasteiger partial charge in [-0.25, -0.2) is 0 Å². The quantitative estimate of drug-likeness (QED) is 0.635. The molecule has 1 aromatic heterocycles. The van der Waals surface area contributed by atoms with Gasteiger partial charge in [0.15, 0.2) is 0 Å². The zero-order valence-corrected chi connectivity index (χ0v) is 15.7. The lowest BCUT2D eigenvalue weighted by Crippen LogP contribution is -2.35. The molecule has 26 heavy (non-hydrogen) atoms. The van der Waals surface area contributed by atoms with Crippen molar-refractivity contribution in [2.24, 2.45) is 0 Å². The number of ether oxygens (including phenoxy) is 1. The summed E-state index contributed by atoms with van der Waals surface area (Å²) in [6.07, 6.45) is -0.571. The molecule has 5 nitrogen and oxygen atoms in total. The van der Waals surface area contributed by atoms with Crippen LogP contribution in [0.4, 0.5) is 0 Å². The normalized spacial score (nSPS) is 12.3. The molecule has 0 aliphatic carbocycles. The van der Waals surface area contributed by atoms with Crippen LogP contribution in [0.15, 0.2) is 54.6 Å². The number of aromatic nitrogens is 2. The SMILES string of the molecule is CC(C)NCC(O)COc1ccccc1-c1snnc1-c1ccccc1. The molecule has 136 valence electrons. The highest BCUT2D eigenvalue weighted by Gasteiger charge is 2.17. The maximum atomic E-state index is 10.1. The first-order chi connectivity index (χ1) is 12.6. The van der Waals surface area contributed by atoms with Crippen molar-refractivity contribution in [1.29, 1.82) is 0 Å². The van der Waals surface area contributed by atoms with E-state index in [9.17, 15) is 5.11 Å². The first kappa shape index (κ1) is 18.5. The molecule has 1 heterocycles. The van der Waals surface area contributed by atoms with Gasteiger partial charge in [-0.3, -0.25) is 0 Å². The zero-order chi connectivity index (χ0) is 18.4. The van der Waals surface area contributed by atoms with Crippen LogP contribution in [-0.2, 0) is 0 Å². The molecule has 0 radical (unpaired) electrons. The number of benzene rings is 2. The molecule has 0 aliphatic rings. The van der Waals surface area contributed by atoms with Crippen LogP contribution >= 0.6 is 11.5 Å². The lowest BCUT2D eigenvalue weighted by atomic mass is 10.1. The Hall–Kier alpha value is -2.28. The molecule has 3 rings (SSSR count). The first-order valence-electron chi connectivity index (χ1n) is 8.66. The van der Waals surface area contributed by atoms with Crippen LogP contribution in [-0.4, -0.2) is 40.0 Å². The molecule has 2 aromatic carbocycles. The second-order valence-electron chi connectivity index (χ2n) is 6.34. The third-order valence-electron chi connectivity index (χ3n) is 3.86. The van der Waals surface area contributed by atoms with E-state index < -0.39 is 6.10 Å². The van der Waals surface area contributed by atoms with Crippen molar-refractivity contribution in [2.75, 3.05) is 13.2 Å². The third-order valence-corrected chi connectivity index (χ3v) is 4.62. The highest BCUT2D eigenvalue weighted by Crippen LogP contribution is 2.38. The largest absolute Gasteiger partial charge is 0.490 e. The number of para-hydroxylation sites is 1. The van der Waals surface area contributed by atoms with Crippen molar-refractivity contribution < 1.29 is 9.84 Å². The van der Waals surface area contributed by atoms with Gasteiger partial charge in [0.1, 0.15) is 24.2 Å². The molecule has 0 aliphatic heterocycles. The Bertz CT molecular complexity index is 821. The van der Waals surface area contributed by atoms with Gasteiger partial charge in [-0.1, -0.05) is 60.8 Å². The summed E-state index contributed by atoms with van der Waals surface area (Å²) in [4.78, 5) is 0.960. The van der Waals surface area contributed by atoms with Crippen LogP contribution in [0.5, 0.6) is 5.75 Å². The number of aliphatic hydroxyl groups is 1. The summed E-state index contributed by atoms with van der Waals surface area (Å²) in [5, 5.41) is 17.6. The molecule has 2 N–H and O–H groups in total. The highest BCUT2D eigenvalue weighted by atomic mass is 32.1. The second-order valence-corrected chi connectivity index (χ2v) is 7.09. The van der Waals surface area contributed by atoms with E-state index in [0.29, 0.717) is 12.6 Å². The molecule has 0 amide bonds. The Morgan fingerprint density at radius 2 is 1.81 bits per heavy atom. The standard InChI is InChI=1S/C20H23N3O2S/c1-14(2)21-12-16(24)13-25-18-11-7-6-10-17(18)20-19(22-23-26-20)15-8-4-3-5-9-15/h3-11,14,16,21,24H,12-13H2,1-2H3. The van der Waals surface area contributed by atoms with Crippen LogP contribution < -0.4 is 10.1 Å². The van der Waals surface area contributed by atoms with Gasteiger partial charge >= 0.3 is 0 Å². The van der Waals surface area contributed by atoms with Gasteiger partial charge in [0.25, 0.3) is 0 Å². The summed E-state index contributed by atoms with van der Waals surface area (Å²) >= 11 is 1.34. The van der Waals surface area contributed by atoms with Gasteiger partial charge in [-0.2, -0.15) is 0 Å². The predicted octanol–water partition coefficient (Wildman–Crippen LogP) is 3.61. The maximum absolute atomic E-state index is 10.1. The Kier molecular flexibility index (Phi) is 6.33. The molecule has 6 heteroatoms. The van der Waals surface area contributed by atoms with Crippen LogP contribution in [0.25, 0.3) is 21.7 Å². The molecule has 0 saturated carbocycles. The molecular weight excluding hydrogens is 346 g/mol. The molecule has 0 saturated heterocycles. The van der Waals surface area contributed by atoms with Gasteiger partial charge in [-0.15, -0.1) is 5.10 Å². The monoisotopic (exact) mass is 369 g/mol. The summed E-state index contributed by atoms with van der Waals surface area (Å²) in [5.41, 5.74) is 2.80. The van der Waals surface area contributed by atoms with E-state index in [2.05, 4.69) is 14.9 Å². The Morgan fingerprint density at radius 3 is 2.58 bits per heavy atom. The van der Waals surface area contributed by atoms with E-state index in [4.69, 9.17) is 4.74 Å². The minimum atomic E-state index is -0.571. The fourth-order valence-corrected chi connectivity index (χ4v) is 3.27. The summed E-state index contributed by atoms with van der Waals surface area (Å²) < 4.78 is 10.0. The molecular formula is C20H23N3O2S. The Morgan fingerprint density at radius 1 is 1.08 bits per heavy atom. The zero-order valence-electron chi connectivity index (χ0n) is 14.9. The molecule has 1 unspecified atom stereocenters. The fourth-order valence-electron chi connectivity index (χ4n) is 2.55.